The Balaban J connectivity index is 1.51. The molecule has 0 bridgehead atoms. The van der Waals surface area contributed by atoms with E-state index in [4.69, 9.17) is 9.84 Å². The Morgan fingerprint density at radius 1 is 1.10 bits per heavy atom. The van der Waals surface area contributed by atoms with Gasteiger partial charge in [0.05, 0.1) is 28.5 Å². The van der Waals surface area contributed by atoms with Gasteiger partial charge in [-0.25, -0.2) is 9.07 Å². The van der Waals surface area contributed by atoms with Gasteiger partial charge in [0.15, 0.2) is 0 Å². The summed E-state index contributed by atoms with van der Waals surface area (Å²) in [5.41, 5.74) is 4.90. The molecule has 210 valence electrons. The Bertz CT molecular complexity index is 1550. The first-order valence-corrected chi connectivity index (χ1v) is 14.8. The minimum absolute atomic E-state index is 0.00923. The molecule has 1 N–H and O–H groups in total. The van der Waals surface area contributed by atoms with Crippen LogP contribution in [0.1, 0.15) is 34.8 Å². The summed E-state index contributed by atoms with van der Waals surface area (Å²) in [6, 6.07) is 24.1. The van der Waals surface area contributed by atoms with Crippen LogP contribution in [-0.2, 0) is 14.3 Å². The zero-order chi connectivity index (χ0) is 28.3. The zero-order valence-corrected chi connectivity index (χ0v) is 23.6. The minimum Gasteiger partial charge on any atom is -0.376 e. The monoisotopic (exact) mass is 570 g/mol. The number of rotatable bonds is 7. The van der Waals surface area contributed by atoms with Crippen LogP contribution < -0.4 is 10.2 Å². The standard InChI is InChI=1S/C32H31FN4O3S/c1-21-12-14-25(15-13-21)37-32-29(30(35-37)22-7-3-2-4-8-22)31(23-9-5-10-24(33)17-23)41-20-28(39)36(32)19-27(38)34-18-26-11-6-16-40-26/h2-5,7-10,12-15,17,26,31H,6,11,16,18-20H2,1H3,(H,34,38)/t26-,31-/m1/s1. The molecule has 0 saturated carbocycles. The normalized spacial score (nSPS) is 18.7. The first kappa shape index (κ1) is 27.2. The molecule has 0 spiro atoms. The predicted octanol–water partition coefficient (Wildman–Crippen LogP) is 5.45. The average Bonchev–Trinajstić information content (AvgIpc) is 3.62. The van der Waals surface area contributed by atoms with Crippen molar-refractivity contribution >= 4 is 29.4 Å². The van der Waals surface area contributed by atoms with Crippen molar-refractivity contribution < 1.29 is 18.7 Å². The van der Waals surface area contributed by atoms with Gasteiger partial charge >= 0.3 is 0 Å². The fourth-order valence-corrected chi connectivity index (χ4v) is 6.55. The van der Waals surface area contributed by atoms with E-state index in [-0.39, 0.29) is 41.3 Å². The Hall–Kier alpha value is -3.95. The summed E-state index contributed by atoms with van der Waals surface area (Å²) in [5.74, 6) is -0.194. The van der Waals surface area contributed by atoms with Crippen molar-refractivity contribution in [3.05, 3.63) is 101 Å². The van der Waals surface area contributed by atoms with Gasteiger partial charge in [-0.1, -0.05) is 60.2 Å². The van der Waals surface area contributed by atoms with Crippen LogP contribution in [-0.4, -0.2) is 53.1 Å². The number of nitrogens with zero attached hydrogens (tertiary/aromatic N) is 3. The third-order valence-corrected chi connectivity index (χ3v) is 8.67. The van der Waals surface area contributed by atoms with E-state index in [1.54, 1.807) is 10.7 Å². The maximum atomic E-state index is 14.5. The first-order valence-electron chi connectivity index (χ1n) is 13.8. The number of ether oxygens (including phenoxy) is 1. The van der Waals surface area contributed by atoms with Crippen molar-refractivity contribution in [1.82, 2.24) is 15.1 Å². The highest BCUT2D eigenvalue weighted by Gasteiger charge is 2.38. The number of benzene rings is 3. The van der Waals surface area contributed by atoms with Gasteiger partial charge in [0, 0.05) is 24.3 Å². The number of halogens is 1. The van der Waals surface area contributed by atoms with Gasteiger partial charge in [0.25, 0.3) is 0 Å². The van der Waals surface area contributed by atoms with E-state index in [0.717, 1.165) is 40.8 Å². The Kier molecular flexibility index (Phi) is 7.89. The largest absolute Gasteiger partial charge is 0.376 e. The molecule has 7 nitrogen and oxygen atoms in total. The highest BCUT2D eigenvalue weighted by molar-refractivity contribution is 8.00. The van der Waals surface area contributed by atoms with Crippen LogP contribution >= 0.6 is 11.8 Å². The molecule has 2 atom stereocenters. The van der Waals surface area contributed by atoms with Crippen LogP contribution in [0.2, 0.25) is 0 Å². The van der Waals surface area contributed by atoms with E-state index in [9.17, 15) is 14.0 Å². The van der Waals surface area contributed by atoms with Gasteiger partial charge in [-0.3, -0.25) is 14.5 Å². The van der Waals surface area contributed by atoms with Gasteiger partial charge in [0.2, 0.25) is 11.8 Å². The Morgan fingerprint density at radius 2 is 1.90 bits per heavy atom. The molecule has 41 heavy (non-hydrogen) atoms. The molecule has 6 rings (SSSR count). The van der Waals surface area contributed by atoms with Crippen molar-refractivity contribution in [2.75, 3.05) is 30.3 Å². The molecule has 1 fully saturated rings. The number of carbonyl (C=O) groups excluding carboxylic acids is 2. The van der Waals surface area contributed by atoms with E-state index in [1.807, 2.05) is 67.6 Å². The maximum Gasteiger partial charge on any atom is 0.240 e. The predicted molar refractivity (Wildman–Crippen MR) is 159 cm³/mol. The van der Waals surface area contributed by atoms with E-state index < -0.39 is 0 Å². The molecule has 2 aliphatic rings. The second-order valence-electron chi connectivity index (χ2n) is 10.4. The number of carbonyl (C=O) groups is 2. The molecule has 0 radical (unpaired) electrons. The number of nitrogens with one attached hydrogen (secondary N) is 1. The number of amides is 2. The van der Waals surface area contributed by atoms with Crippen LogP contribution in [0.4, 0.5) is 10.2 Å². The molecular weight excluding hydrogens is 539 g/mol. The molecular formula is C32H31FN4O3S. The van der Waals surface area contributed by atoms with Crippen molar-refractivity contribution in [3.8, 4) is 16.9 Å². The number of hydrogen-bond donors (Lipinski definition) is 1. The van der Waals surface area contributed by atoms with Crippen LogP contribution in [0.15, 0.2) is 78.9 Å². The van der Waals surface area contributed by atoms with Crippen LogP contribution in [0.25, 0.3) is 16.9 Å². The van der Waals surface area contributed by atoms with Crippen molar-refractivity contribution in [3.63, 3.8) is 0 Å². The lowest BCUT2D eigenvalue weighted by atomic mass is 9.99. The summed E-state index contributed by atoms with van der Waals surface area (Å²) in [6.07, 6.45) is 1.87. The Morgan fingerprint density at radius 3 is 2.63 bits per heavy atom. The molecule has 1 saturated heterocycles. The van der Waals surface area contributed by atoms with Crippen LogP contribution in [0.5, 0.6) is 0 Å². The fraction of sp³-hybridized carbons (Fsp3) is 0.281. The van der Waals surface area contributed by atoms with Gasteiger partial charge in [-0.15, -0.1) is 11.8 Å². The van der Waals surface area contributed by atoms with Crippen LogP contribution in [0, 0.1) is 12.7 Å². The number of thioether (sulfide) groups is 1. The molecule has 2 aliphatic heterocycles. The molecule has 3 heterocycles. The molecule has 0 unspecified atom stereocenters. The molecule has 1 aromatic heterocycles. The third kappa shape index (κ3) is 5.78. The second kappa shape index (κ2) is 11.9. The molecule has 3 aromatic carbocycles. The maximum absolute atomic E-state index is 14.5. The highest BCUT2D eigenvalue weighted by Crippen LogP contribution is 2.48. The summed E-state index contributed by atoms with van der Waals surface area (Å²) < 4.78 is 21.9. The molecule has 9 heteroatoms. The lowest BCUT2D eigenvalue weighted by Crippen LogP contribution is -2.44. The SMILES string of the molecule is Cc1ccc(-n2nc(-c3ccccc3)c3c2N(CC(=O)NC[C@H]2CCCO2)C(=O)CS[C@@H]3c2cccc(F)c2)cc1. The van der Waals surface area contributed by atoms with Crippen LogP contribution in [0.3, 0.4) is 0 Å². The summed E-state index contributed by atoms with van der Waals surface area (Å²) in [7, 11) is 0. The third-order valence-electron chi connectivity index (χ3n) is 7.42. The Labute approximate surface area is 242 Å². The topological polar surface area (TPSA) is 76.5 Å². The fourth-order valence-electron chi connectivity index (χ4n) is 5.36. The van der Waals surface area contributed by atoms with Crippen molar-refractivity contribution in [1.29, 1.82) is 0 Å². The van der Waals surface area contributed by atoms with E-state index in [1.165, 1.54) is 28.8 Å². The minimum atomic E-state index is -0.390. The average molecular weight is 571 g/mol. The smallest absolute Gasteiger partial charge is 0.240 e. The number of hydrogen-bond acceptors (Lipinski definition) is 5. The second-order valence-corrected chi connectivity index (χ2v) is 11.5. The number of anilines is 1. The lowest BCUT2D eigenvalue weighted by Gasteiger charge is -2.23. The van der Waals surface area contributed by atoms with Gasteiger partial charge in [-0.2, -0.15) is 5.10 Å². The summed E-state index contributed by atoms with van der Waals surface area (Å²) in [6.45, 7) is 2.94. The van der Waals surface area contributed by atoms with Gasteiger partial charge in [-0.05, 0) is 49.6 Å². The molecule has 4 aromatic rings. The van der Waals surface area contributed by atoms with Crippen molar-refractivity contribution in [2.24, 2.45) is 0 Å². The van der Waals surface area contributed by atoms with E-state index in [2.05, 4.69) is 5.32 Å². The van der Waals surface area contributed by atoms with Gasteiger partial charge in [0.1, 0.15) is 18.2 Å². The number of aryl methyl sites for hydroxylation is 1. The quantitative estimate of drug-likeness (QED) is 0.320. The van der Waals surface area contributed by atoms with E-state index in [0.29, 0.717) is 24.7 Å². The summed E-state index contributed by atoms with van der Waals surface area (Å²) >= 11 is 1.42. The first-order chi connectivity index (χ1) is 20.0. The number of fused-ring (bicyclic) bond motifs is 1. The number of aromatic nitrogens is 2. The highest BCUT2D eigenvalue weighted by atomic mass is 32.2. The molecule has 0 aliphatic carbocycles. The molecule has 2 amide bonds. The van der Waals surface area contributed by atoms with E-state index >= 15 is 0 Å². The van der Waals surface area contributed by atoms with Crippen molar-refractivity contribution in [2.45, 2.75) is 31.1 Å². The lowest BCUT2D eigenvalue weighted by molar-refractivity contribution is -0.123. The summed E-state index contributed by atoms with van der Waals surface area (Å²) in [5, 5.41) is 7.63. The zero-order valence-electron chi connectivity index (χ0n) is 22.8. The van der Waals surface area contributed by atoms with Gasteiger partial charge < -0.3 is 10.1 Å². The summed E-state index contributed by atoms with van der Waals surface area (Å²) in [4.78, 5) is 28.6.